The van der Waals surface area contributed by atoms with Crippen molar-refractivity contribution >= 4 is 5.91 Å². The predicted octanol–water partition coefficient (Wildman–Crippen LogP) is 3.47. The zero-order valence-corrected chi connectivity index (χ0v) is 19.2. The van der Waals surface area contributed by atoms with Crippen molar-refractivity contribution in [3.63, 3.8) is 0 Å². The number of nitrogens with zero attached hydrogens (tertiary/aromatic N) is 3. The maximum absolute atomic E-state index is 13.2. The fourth-order valence-corrected chi connectivity index (χ4v) is 4.24. The van der Waals surface area contributed by atoms with Gasteiger partial charge in [-0.1, -0.05) is 5.16 Å². The molecule has 1 fully saturated rings. The van der Waals surface area contributed by atoms with Gasteiger partial charge in [0.2, 0.25) is 0 Å². The van der Waals surface area contributed by atoms with E-state index in [1.165, 1.54) is 0 Å². The lowest BCUT2D eigenvalue weighted by molar-refractivity contribution is 0.0950. The highest BCUT2D eigenvalue weighted by Gasteiger charge is 2.25. The number of hydrogen-bond donors (Lipinski definition) is 2. The van der Waals surface area contributed by atoms with Crippen LogP contribution in [0.2, 0.25) is 0 Å². The highest BCUT2D eigenvalue weighted by molar-refractivity contribution is 5.98. The third-order valence-corrected chi connectivity index (χ3v) is 6.26. The Morgan fingerprint density at radius 1 is 1.25 bits per heavy atom. The summed E-state index contributed by atoms with van der Waals surface area (Å²) in [5.74, 6) is 2.62. The van der Waals surface area contributed by atoms with Gasteiger partial charge in [-0.3, -0.25) is 4.79 Å². The molecule has 2 aromatic heterocycles. The molecule has 3 aromatic rings. The van der Waals surface area contributed by atoms with E-state index in [0.29, 0.717) is 30.3 Å². The minimum Gasteiger partial charge on any atom is -0.497 e. The van der Waals surface area contributed by atoms with E-state index in [9.17, 15) is 4.79 Å². The Morgan fingerprint density at radius 2 is 1.97 bits per heavy atom. The van der Waals surface area contributed by atoms with Crippen LogP contribution in [-0.4, -0.2) is 59.7 Å². The van der Waals surface area contributed by atoms with Gasteiger partial charge in [-0.2, -0.15) is 0 Å². The number of benzene rings is 1. The number of rotatable bonds is 7. The number of ether oxygens (including phenoxy) is 1. The van der Waals surface area contributed by atoms with Crippen LogP contribution in [0.3, 0.4) is 0 Å². The number of imidazole rings is 1. The van der Waals surface area contributed by atoms with Crippen LogP contribution in [0.1, 0.15) is 52.1 Å². The molecule has 3 heterocycles. The molecule has 2 N–H and O–H groups in total. The molecule has 0 aliphatic carbocycles. The highest BCUT2D eigenvalue weighted by atomic mass is 16.5. The van der Waals surface area contributed by atoms with Crippen LogP contribution in [0.5, 0.6) is 5.75 Å². The van der Waals surface area contributed by atoms with Crippen molar-refractivity contribution < 1.29 is 14.1 Å². The minimum atomic E-state index is -0.158. The van der Waals surface area contributed by atoms with Gasteiger partial charge >= 0.3 is 0 Å². The van der Waals surface area contributed by atoms with Crippen molar-refractivity contribution in [3.05, 3.63) is 52.8 Å². The summed E-state index contributed by atoms with van der Waals surface area (Å²) in [5, 5.41) is 7.02. The number of nitrogens with one attached hydrogen (secondary N) is 2. The molecule has 4 rings (SSSR count). The van der Waals surface area contributed by atoms with E-state index < -0.39 is 0 Å². The maximum atomic E-state index is 13.2. The molecule has 1 aromatic carbocycles. The number of likely N-dealkylation sites (tertiary alicyclic amines) is 1. The fourth-order valence-electron chi connectivity index (χ4n) is 4.24. The smallest absolute Gasteiger partial charge is 0.270 e. The van der Waals surface area contributed by atoms with E-state index in [-0.39, 0.29) is 5.91 Å². The zero-order chi connectivity index (χ0) is 22.7. The predicted molar refractivity (Wildman–Crippen MR) is 122 cm³/mol. The van der Waals surface area contributed by atoms with E-state index in [4.69, 9.17) is 14.2 Å². The lowest BCUT2D eigenvalue weighted by atomic mass is 9.96. The van der Waals surface area contributed by atoms with Crippen LogP contribution in [0.4, 0.5) is 0 Å². The van der Waals surface area contributed by atoms with Crippen LogP contribution in [-0.2, 0) is 6.42 Å². The molecule has 170 valence electrons. The molecule has 0 spiro atoms. The number of amides is 1. The van der Waals surface area contributed by atoms with Gasteiger partial charge in [0.05, 0.1) is 12.8 Å². The van der Waals surface area contributed by atoms with Crippen molar-refractivity contribution in [1.82, 2.24) is 25.3 Å². The Balaban J connectivity index is 1.56. The first-order chi connectivity index (χ1) is 15.5. The van der Waals surface area contributed by atoms with Gasteiger partial charge in [-0.15, -0.1) is 0 Å². The average molecular weight is 438 g/mol. The number of carbonyl (C=O) groups is 1. The number of piperidine rings is 1. The SMILES string of the molecule is COc1ccc(-c2nc(C3CCN(C)CC3)[nH]c2C(=O)NCCc2c(C)noc2C)cc1. The molecular formula is C24H31N5O3. The van der Waals surface area contributed by atoms with Gasteiger partial charge in [0.1, 0.15) is 28.7 Å². The van der Waals surface area contributed by atoms with Gasteiger partial charge in [-0.05, 0) is 77.5 Å². The summed E-state index contributed by atoms with van der Waals surface area (Å²) < 4.78 is 10.5. The van der Waals surface area contributed by atoms with E-state index in [1.54, 1.807) is 7.11 Å². The van der Waals surface area contributed by atoms with Crippen molar-refractivity contribution in [2.24, 2.45) is 0 Å². The number of H-pyrrole nitrogens is 1. The summed E-state index contributed by atoms with van der Waals surface area (Å²) in [7, 11) is 3.78. The molecule has 0 saturated carbocycles. The third-order valence-electron chi connectivity index (χ3n) is 6.26. The van der Waals surface area contributed by atoms with Crippen LogP contribution >= 0.6 is 0 Å². The van der Waals surface area contributed by atoms with Crippen LogP contribution in [0, 0.1) is 13.8 Å². The first kappa shape index (κ1) is 22.1. The van der Waals surface area contributed by atoms with Crippen LogP contribution in [0.25, 0.3) is 11.3 Å². The minimum absolute atomic E-state index is 0.158. The molecule has 8 nitrogen and oxygen atoms in total. The number of methoxy groups -OCH3 is 1. The molecule has 1 saturated heterocycles. The molecule has 1 amide bonds. The summed E-state index contributed by atoms with van der Waals surface area (Å²) in [4.78, 5) is 23.7. The van der Waals surface area contributed by atoms with E-state index in [0.717, 1.165) is 60.1 Å². The standard InChI is InChI=1S/C24H31N5O3/c1-15-20(16(2)32-28-15)9-12-25-24(30)22-21(17-5-7-19(31-4)8-6-17)26-23(27-22)18-10-13-29(3)14-11-18/h5-8,18H,9-14H2,1-4H3,(H,25,30)(H,26,27). The lowest BCUT2D eigenvalue weighted by Gasteiger charge is -2.27. The van der Waals surface area contributed by atoms with Gasteiger partial charge < -0.3 is 24.5 Å². The quantitative estimate of drug-likeness (QED) is 0.588. The molecule has 0 bridgehead atoms. The summed E-state index contributed by atoms with van der Waals surface area (Å²) >= 11 is 0. The van der Waals surface area contributed by atoms with Gasteiger partial charge in [-0.25, -0.2) is 4.98 Å². The van der Waals surface area contributed by atoms with Crippen LogP contribution < -0.4 is 10.1 Å². The summed E-state index contributed by atoms with van der Waals surface area (Å²) in [5.41, 5.74) is 3.97. The second-order valence-electron chi connectivity index (χ2n) is 8.46. The van der Waals surface area contributed by atoms with Gasteiger partial charge in [0.25, 0.3) is 5.91 Å². The molecule has 0 radical (unpaired) electrons. The maximum Gasteiger partial charge on any atom is 0.270 e. The van der Waals surface area contributed by atoms with Crippen LogP contribution in [0.15, 0.2) is 28.8 Å². The summed E-state index contributed by atoms with van der Waals surface area (Å²) in [6.07, 6.45) is 2.72. The summed E-state index contributed by atoms with van der Waals surface area (Å²) in [6, 6.07) is 7.65. The fraction of sp³-hybridized carbons (Fsp3) is 0.458. The second-order valence-corrected chi connectivity index (χ2v) is 8.46. The number of carbonyl (C=O) groups excluding carboxylic acids is 1. The van der Waals surface area contributed by atoms with Gasteiger partial charge in [0, 0.05) is 23.6 Å². The molecule has 8 heteroatoms. The summed E-state index contributed by atoms with van der Waals surface area (Å²) in [6.45, 7) is 6.36. The highest BCUT2D eigenvalue weighted by Crippen LogP contribution is 2.30. The lowest BCUT2D eigenvalue weighted by Crippen LogP contribution is -2.29. The van der Waals surface area contributed by atoms with Crippen molar-refractivity contribution in [1.29, 1.82) is 0 Å². The normalized spacial score (nSPS) is 15.1. The number of aromatic amines is 1. The molecule has 32 heavy (non-hydrogen) atoms. The molecule has 1 aliphatic rings. The Bertz CT molecular complexity index is 1040. The zero-order valence-electron chi connectivity index (χ0n) is 19.2. The Labute approximate surface area is 188 Å². The van der Waals surface area contributed by atoms with Crippen molar-refractivity contribution in [3.8, 4) is 17.0 Å². The second kappa shape index (κ2) is 9.56. The van der Waals surface area contributed by atoms with Gasteiger partial charge in [0.15, 0.2) is 0 Å². The third kappa shape index (κ3) is 4.70. The van der Waals surface area contributed by atoms with Crippen molar-refractivity contribution in [2.75, 3.05) is 33.8 Å². The number of hydrogen-bond acceptors (Lipinski definition) is 6. The molecule has 0 atom stereocenters. The van der Waals surface area contributed by atoms with Crippen molar-refractivity contribution in [2.45, 2.75) is 39.0 Å². The topological polar surface area (TPSA) is 96.3 Å². The number of aryl methyl sites for hydroxylation is 2. The Hall–Kier alpha value is -3.13. The molecular weight excluding hydrogens is 406 g/mol. The van der Waals surface area contributed by atoms with E-state index in [1.807, 2.05) is 38.1 Å². The molecule has 0 unspecified atom stereocenters. The van der Waals surface area contributed by atoms with E-state index >= 15 is 0 Å². The first-order valence-electron chi connectivity index (χ1n) is 11.1. The molecule has 1 aliphatic heterocycles. The Morgan fingerprint density at radius 3 is 2.59 bits per heavy atom. The average Bonchev–Trinajstić information content (AvgIpc) is 3.39. The number of aromatic nitrogens is 3. The van der Waals surface area contributed by atoms with E-state index in [2.05, 4.69) is 27.4 Å². The largest absolute Gasteiger partial charge is 0.497 e. The monoisotopic (exact) mass is 437 g/mol. The first-order valence-corrected chi connectivity index (χ1v) is 11.1. The Kier molecular flexibility index (Phi) is 6.60.